The average Bonchev–Trinajstić information content (AvgIpc) is 3.31. The first-order valence-corrected chi connectivity index (χ1v) is 11.1. The minimum absolute atomic E-state index is 0.0288. The number of carbonyl (C=O) groups is 1. The van der Waals surface area contributed by atoms with Crippen LogP contribution in [0, 0.1) is 12.3 Å². The van der Waals surface area contributed by atoms with E-state index < -0.39 is 0 Å². The minimum atomic E-state index is -0.324. The van der Waals surface area contributed by atoms with Gasteiger partial charge in [-0.25, -0.2) is 15.0 Å². The second-order valence-electron chi connectivity index (χ2n) is 7.23. The normalized spacial score (nSPS) is 11.2. The van der Waals surface area contributed by atoms with Crippen molar-refractivity contribution in [2.24, 2.45) is 0 Å². The Morgan fingerprint density at radius 1 is 1.28 bits per heavy atom. The lowest BCUT2D eigenvalue weighted by molar-refractivity contribution is 0.0959. The molecular weight excluding hydrogens is 496 g/mol. The summed E-state index contributed by atoms with van der Waals surface area (Å²) in [5.41, 5.74) is 1.60. The second kappa shape index (κ2) is 8.63. The third-order valence-electron chi connectivity index (χ3n) is 4.43. The number of nitrogens with zero attached hydrogens (tertiary/aromatic N) is 5. The van der Waals surface area contributed by atoms with E-state index in [-0.39, 0.29) is 34.9 Å². The number of amidine groups is 1. The molecule has 4 heterocycles. The molecule has 0 bridgehead atoms. The number of nitrogens with one attached hydrogen (secondary N) is 3. The summed E-state index contributed by atoms with van der Waals surface area (Å²) < 4.78 is 5.98. The van der Waals surface area contributed by atoms with Gasteiger partial charge in [0.2, 0.25) is 5.88 Å². The van der Waals surface area contributed by atoms with Gasteiger partial charge >= 0.3 is 0 Å². The summed E-state index contributed by atoms with van der Waals surface area (Å²) in [6, 6.07) is 5.09. The van der Waals surface area contributed by atoms with E-state index in [1.807, 2.05) is 13.8 Å². The van der Waals surface area contributed by atoms with E-state index >= 15 is 0 Å². The van der Waals surface area contributed by atoms with Gasteiger partial charge in [0.25, 0.3) is 5.91 Å². The van der Waals surface area contributed by atoms with Crippen molar-refractivity contribution in [3.63, 3.8) is 0 Å². The monoisotopic (exact) mass is 514 g/mol. The fourth-order valence-electron chi connectivity index (χ4n) is 3.05. The van der Waals surface area contributed by atoms with Crippen molar-refractivity contribution >= 4 is 60.9 Å². The van der Waals surface area contributed by atoms with Crippen molar-refractivity contribution in [2.75, 3.05) is 5.32 Å². The Kier molecular flexibility index (Phi) is 5.89. The van der Waals surface area contributed by atoms with Crippen LogP contribution >= 0.6 is 27.5 Å². The van der Waals surface area contributed by atoms with Gasteiger partial charge in [-0.05, 0) is 66.4 Å². The quantitative estimate of drug-likeness (QED) is 0.179. The van der Waals surface area contributed by atoms with Crippen LogP contribution in [-0.4, -0.2) is 46.8 Å². The van der Waals surface area contributed by atoms with Gasteiger partial charge in [-0.15, -0.1) is 0 Å². The van der Waals surface area contributed by atoms with E-state index in [2.05, 4.69) is 45.9 Å². The van der Waals surface area contributed by atoms with Gasteiger partial charge in [0, 0.05) is 12.2 Å². The van der Waals surface area contributed by atoms with Crippen molar-refractivity contribution in [1.82, 2.24) is 29.2 Å². The summed E-state index contributed by atoms with van der Waals surface area (Å²) in [6.45, 7) is 5.56. The Labute approximate surface area is 195 Å². The summed E-state index contributed by atoms with van der Waals surface area (Å²) in [6.07, 6.45) is 3.15. The van der Waals surface area contributed by atoms with Gasteiger partial charge < -0.3 is 15.7 Å². The van der Waals surface area contributed by atoms with Crippen LogP contribution < -0.4 is 10.6 Å². The molecule has 0 saturated heterocycles. The zero-order valence-electron chi connectivity index (χ0n) is 17.3. The van der Waals surface area contributed by atoms with E-state index in [9.17, 15) is 9.90 Å². The van der Waals surface area contributed by atoms with Crippen molar-refractivity contribution < 1.29 is 9.90 Å². The van der Waals surface area contributed by atoms with Crippen molar-refractivity contribution in [2.45, 2.75) is 26.8 Å². The Bertz CT molecular complexity index is 1330. The van der Waals surface area contributed by atoms with Crippen LogP contribution in [0.3, 0.4) is 0 Å². The van der Waals surface area contributed by atoms with E-state index in [1.165, 1.54) is 10.8 Å². The number of fused-ring (bicyclic) bond motifs is 1. The van der Waals surface area contributed by atoms with Crippen LogP contribution in [-0.2, 0) is 0 Å². The molecule has 0 aromatic carbocycles. The van der Waals surface area contributed by atoms with Gasteiger partial charge in [0.15, 0.2) is 5.65 Å². The Hall–Kier alpha value is -3.38. The molecule has 4 rings (SSSR count). The Balaban J connectivity index is 1.57. The van der Waals surface area contributed by atoms with E-state index in [4.69, 9.17) is 5.41 Å². The van der Waals surface area contributed by atoms with Gasteiger partial charge in [-0.2, -0.15) is 4.37 Å². The van der Waals surface area contributed by atoms with Crippen molar-refractivity contribution in [3.8, 4) is 5.88 Å². The highest BCUT2D eigenvalue weighted by Gasteiger charge is 2.20. The van der Waals surface area contributed by atoms with Crippen molar-refractivity contribution in [3.05, 3.63) is 52.3 Å². The second-order valence-corrected chi connectivity index (χ2v) is 8.76. The zero-order valence-corrected chi connectivity index (χ0v) is 19.7. The Morgan fingerprint density at radius 3 is 2.75 bits per heavy atom. The maximum absolute atomic E-state index is 13.0. The maximum Gasteiger partial charge on any atom is 0.282 e. The molecule has 0 atom stereocenters. The first kappa shape index (κ1) is 21.8. The molecule has 0 saturated carbocycles. The topological polar surface area (TPSA) is 142 Å². The standard InChI is InChI=1S/C20H19BrN8O2S/c1-9(2)24-16(22)14-18(30)28-32-19(14)27-11-4-5-13(23-8-11)20(31)29-7-6-12-15(21)25-10(3)26-17(12)29/h4-9,27H,1-3H3,(H2,22,24)(H,28,30). The molecule has 0 aliphatic carbocycles. The van der Waals surface area contributed by atoms with Crippen LogP contribution in [0.25, 0.3) is 11.0 Å². The predicted molar refractivity (Wildman–Crippen MR) is 126 cm³/mol. The van der Waals surface area contributed by atoms with E-state index in [1.54, 1.807) is 31.3 Å². The molecule has 0 amide bonds. The number of hydrogen-bond acceptors (Lipinski definition) is 9. The summed E-state index contributed by atoms with van der Waals surface area (Å²) in [5, 5.41) is 25.5. The fourth-order valence-corrected chi connectivity index (χ4v) is 4.33. The largest absolute Gasteiger partial charge is 0.492 e. The molecule has 0 unspecified atom stereocenters. The fraction of sp³-hybridized carbons (Fsp3) is 0.200. The molecule has 4 N–H and O–H groups in total. The molecule has 0 aliphatic heterocycles. The smallest absolute Gasteiger partial charge is 0.282 e. The predicted octanol–water partition coefficient (Wildman–Crippen LogP) is 3.81. The van der Waals surface area contributed by atoms with Gasteiger partial charge in [-0.3, -0.25) is 14.8 Å². The maximum atomic E-state index is 13.0. The third kappa shape index (κ3) is 4.18. The highest BCUT2D eigenvalue weighted by atomic mass is 79.9. The number of aromatic hydroxyl groups is 1. The molecule has 0 fully saturated rings. The number of carbonyl (C=O) groups excluding carboxylic acids is 1. The summed E-state index contributed by atoms with van der Waals surface area (Å²) in [5.74, 6) is 0.0659. The molecule has 164 valence electrons. The first-order chi connectivity index (χ1) is 15.2. The summed E-state index contributed by atoms with van der Waals surface area (Å²) >= 11 is 4.43. The lowest BCUT2D eigenvalue weighted by atomic mass is 10.2. The minimum Gasteiger partial charge on any atom is -0.492 e. The van der Waals surface area contributed by atoms with E-state index in [0.717, 1.165) is 16.9 Å². The number of anilines is 2. The number of aromatic nitrogens is 5. The number of rotatable bonds is 5. The molecule has 12 heteroatoms. The lowest BCUT2D eigenvalue weighted by Crippen LogP contribution is -2.30. The van der Waals surface area contributed by atoms with Crippen LogP contribution in [0.2, 0.25) is 0 Å². The highest BCUT2D eigenvalue weighted by Crippen LogP contribution is 2.32. The molecule has 4 aromatic heterocycles. The SMILES string of the molecule is Cc1nc(Br)c2ccn(C(=O)c3ccc(Nc4snc(O)c4C(=N)NC(C)C)cn3)c2n1. The zero-order chi connectivity index (χ0) is 23.0. The molecule has 10 nitrogen and oxygen atoms in total. The molecule has 0 spiro atoms. The van der Waals surface area contributed by atoms with E-state index in [0.29, 0.717) is 26.8 Å². The molecule has 0 aliphatic rings. The number of halogens is 1. The number of pyridine rings is 1. The molecule has 4 aromatic rings. The number of hydrogen-bond donors (Lipinski definition) is 4. The van der Waals surface area contributed by atoms with Crippen LogP contribution in [0.15, 0.2) is 35.2 Å². The molecule has 32 heavy (non-hydrogen) atoms. The average molecular weight is 515 g/mol. The summed E-state index contributed by atoms with van der Waals surface area (Å²) in [7, 11) is 0. The van der Waals surface area contributed by atoms with Crippen LogP contribution in [0.5, 0.6) is 5.88 Å². The lowest BCUT2D eigenvalue weighted by Gasteiger charge is -2.12. The third-order valence-corrected chi connectivity index (χ3v) is 5.78. The van der Waals surface area contributed by atoms with Crippen LogP contribution in [0.1, 0.15) is 35.7 Å². The molecule has 0 radical (unpaired) electrons. The van der Waals surface area contributed by atoms with Gasteiger partial charge in [0.05, 0.1) is 17.3 Å². The van der Waals surface area contributed by atoms with Crippen LogP contribution in [0.4, 0.5) is 10.7 Å². The number of aryl methyl sites for hydroxylation is 1. The first-order valence-electron chi connectivity index (χ1n) is 9.57. The van der Waals surface area contributed by atoms with Crippen molar-refractivity contribution in [1.29, 1.82) is 5.41 Å². The summed E-state index contributed by atoms with van der Waals surface area (Å²) in [4.78, 5) is 25.9. The molecular formula is C20H19BrN8O2S. The Morgan fingerprint density at radius 2 is 2.06 bits per heavy atom. The van der Waals surface area contributed by atoms with Gasteiger partial charge in [-0.1, -0.05) is 0 Å². The van der Waals surface area contributed by atoms with Gasteiger partial charge in [0.1, 0.15) is 32.5 Å². The highest BCUT2D eigenvalue weighted by molar-refractivity contribution is 9.10.